The molecule has 1 amide bonds. The molecule has 20 heavy (non-hydrogen) atoms. The molecule has 116 valence electrons. The van der Waals surface area contributed by atoms with Gasteiger partial charge < -0.3 is 9.80 Å². The van der Waals surface area contributed by atoms with Crippen molar-refractivity contribution in [3.8, 4) is 0 Å². The zero-order valence-corrected chi connectivity index (χ0v) is 13.4. The quantitative estimate of drug-likeness (QED) is 0.809. The zero-order chi connectivity index (χ0) is 14.5. The Morgan fingerprint density at radius 1 is 1.20 bits per heavy atom. The van der Waals surface area contributed by atoms with Crippen molar-refractivity contribution in [3.63, 3.8) is 0 Å². The number of nitrogens with one attached hydrogen (secondary N) is 1. The van der Waals surface area contributed by atoms with Gasteiger partial charge in [0.2, 0.25) is 5.91 Å². The number of piperidine rings is 1. The molecule has 2 atom stereocenters. The highest BCUT2D eigenvalue weighted by Gasteiger charge is 2.37. The van der Waals surface area contributed by atoms with E-state index in [1.54, 1.807) is 0 Å². The minimum atomic E-state index is 0.0418. The number of amides is 1. The summed E-state index contributed by atoms with van der Waals surface area (Å²) in [5, 5.41) is 3.52. The molecule has 2 aliphatic rings. The Hall–Kier alpha value is -0.610. The first-order valence-corrected chi connectivity index (χ1v) is 8.40. The van der Waals surface area contributed by atoms with Crippen LogP contribution >= 0.6 is 0 Å². The standard InChI is InChI=1S/C16H31N3O/c1-4-14-16(20)19(15(17-14)12-13(2)3)11-10-18-8-6-5-7-9-18/h13-15,17H,4-12H2,1-3H3. The molecule has 0 bridgehead atoms. The van der Waals surface area contributed by atoms with Crippen LogP contribution in [-0.2, 0) is 4.79 Å². The Balaban J connectivity index is 1.89. The van der Waals surface area contributed by atoms with Gasteiger partial charge in [-0.05, 0) is 44.7 Å². The van der Waals surface area contributed by atoms with Gasteiger partial charge in [0.1, 0.15) is 0 Å². The number of hydrogen-bond donors (Lipinski definition) is 1. The number of carbonyl (C=O) groups is 1. The van der Waals surface area contributed by atoms with Gasteiger partial charge >= 0.3 is 0 Å². The van der Waals surface area contributed by atoms with E-state index < -0.39 is 0 Å². The zero-order valence-electron chi connectivity index (χ0n) is 13.4. The van der Waals surface area contributed by atoms with Gasteiger partial charge in [0.15, 0.2) is 0 Å². The van der Waals surface area contributed by atoms with Crippen molar-refractivity contribution in [1.29, 1.82) is 0 Å². The van der Waals surface area contributed by atoms with Gasteiger partial charge in [0.05, 0.1) is 12.2 Å². The minimum Gasteiger partial charge on any atom is -0.325 e. The lowest BCUT2D eigenvalue weighted by atomic mass is 10.1. The third-order valence-electron chi connectivity index (χ3n) is 4.56. The van der Waals surface area contributed by atoms with Crippen molar-refractivity contribution in [3.05, 3.63) is 0 Å². The molecule has 0 spiro atoms. The van der Waals surface area contributed by atoms with Gasteiger partial charge in [-0.2, -0.15) is 0 Å². The molecule has 2 saturated heterocycles. The normalized spacial score (nSPS) is 28.6. The van der Waals surface area contributed by atoms with Gasteiger partial charge in [-0.3, -0.25) is 10.1 Å². The Kier molecular flexibility index (Phi) is 5.85. The Morgan fingerprint density at radius 3 is 2.50 bits per heavy atom. The second-order valence-electron chi connectivity index (χ2n) is 6.71. The van der Waals surface area contributed by atoms with E-state index in [0.29, 0.717) is 11.8 Å². The molecule has 0 aliphatic carbocycles. The minimum absolute atomic E-state index is 0.0418. The highest BCUT2D eigenvalue weighted by atomic mass is 16.2. The summed E-state index contributed by atoms with van der Waals surface area (Å²) in [7, 11) is 0. The first-order valence-electron chi connectivity index (χ1n) is 8.40. The molecule has 2 aliphatic heterocycles. The molecule has 2 fully saturated rings. The molecule has 0 saturated carbocycles. The van der Waals surface area contributed by atoms with Gasteiger partial charge in [0, 0.05) is 13.1 Å². The highest BCUT2D eigenvalue weighted by Crippen LogP contribution is 2.19. The first-order chi connectivity index (χ1) is 9.61. The van der Waals surface area contributed by atoms with Crippen molar-refractivity contribution >= 4 is 5.91 Å². The number of rotatable bonds is 6. The number of carbonyl (C=O) groups excluding carboxylic acids is 1. The smallest absolute Gasteiger partial charge is 0.241 e. The summed E-state index contributed by atoms with van der Waals surface area (Å²) in [6, 6.07) is 0.0418. The first kappa shape index (κ1) is 15.8. The van der Waals surface area contributed by atoms with Crippen LogP contribution in [0.1, 0.15) is 52.9 Å². The van der Waals surface area contributed by atoms with Crippen molar-refractivity contribution in [2.75, 3.05) is 26.2 Å². The summed E-state index contributed by atoms with van der Waals surface area (Å²) in [6.07, 6.45) is 6.21. The second kappa shape index (κ2) is 7.41. The van der Waals surface area contributed by atoms with E-state index in [1.165, 1.54) is 32.4 Å². The van der Waals surface area contributed by atoms with Crippen LogP contribution < -0.4 is 5.32 Å². The summed E-state index contributed by atoms with van der Waals surface area (Å²) >= 11 is 0. The fourth-order valence-corrected chi connectivity index (χ4v) is 3.38. The van der Waals surface area contributed by atoms with Crippen LogP contribution in [0.2, 0.25) is 0 Å². The molecule has 2 heterocycles. The third-order valence-corrected chi connectivity index (χ3v) is 4.56. The predicted molar refractivity (Wildman–Crippen MR) is 82.5 cm³/mol. The van der Waals surface area contributed by atoms with E-state index in [9.17, 15) is 4.79 Å². The number of likely N-dealkylation sites (tertiary alicyclic amines) is 1. The Morgan fingerprint density at radius 2 is 1.90 bits per heavy atom. The summed E-state index contributed by atoms with van der Waals surface area (Å²) in [6.45, 7) is 10.9. The van der Waals surface area contributed by atoms with E-state index in [-0.39, 0.29) is 12.2 Å². The molecule has 2 rings (SSSR count). The van der Waals surface area contributed by atoms with Crippen LogP contribution in [0.4, 0.5) is 0 Å². The molecular formula is C16H31N3O. The fraction of sp³-hybridized carbons (Fsp3) is 0.938. The van der Waals surface area contributed by atoms with Gasteiger partial charge in [0.25, 0.3) is 0 Å². The van der Waals surface area contributed by atoms with Crippen LogP contribution in [0.3, 0.4) is 0 Å². The summed E-state index contributed by atoms with van der Waals surface area (Å²) < 4.78 is 0. The maximum Gasteiger partial charge on any atom is 0.241 e. The molecule has 1 N–H and O–H groups in total. The van der Waals surface area contributed by atoms with Crippen LogP contribution in [0.15, 0.2) is 0 Å². The monoisotopic (exact) mass is 281 g/mol. The molecule has 0 radical (unpaired) electrons. The lowest BCUT2D eigenvalue weighted by molar-refractivity contribution is -0.130. The number of hydrogen-bond acceptors (Lipinski definition) is 3. The van der Waals surface area contributed by atoms with Crippen LogP contribution in [0, 0.1) is 5.92 Å². The topological polar surface area (TPSA) is 35.6 Å². The largest absolute Gasteiger partial charge is 0.325 e. The van der Waals surface area contributed by atoms with Crippen LogP contribution in [0.25, 0.3) is 0 Å². The molecular weight excluding hydrogens is 250 g/mol. The van der Waals surface area contributed by atoms with Crippen molar-refractivity contribution < 1.29 is 4.79 Å². The van der Waals surface area contributed by atoms with E-state index in [4.69, 9.17) is 0 Å². The van der Waals surface area contributed by atoms with E-state index in [2.05, 4.69) is 35.9 Å². The van der Waals surface area contributed by atoms with Crippen LogP contribution in [0.5, 0.6) is 0 Å². The fourth-order valence-electron chi connectivity index (χ4n) is 3.38. The number of nitrogens with zero attached hydrogens (tertiary/aromatic N) is 2. The van der Waals surface area contributed by atoms with E-state index in [0.717, 1.165) is 25.9 Å². The predicted octanol–water partition coefficient (Wildman–Crippen LogP) is 2.05. The third kappa shape index (κ3) is 3.95. The van der Waals surface area contributed by atoms with Crippen molar-refractivity contribution in [2.24, 2.45) is 5.92 Å². The average molecular weight is 281 g/mol. The van der Waals surface area contributed by atoms with Crippen molar-refractivity contribution in [2.45, 2.75) is 65.1 Å². The van der Waals surface area contributed by atoms with E-state index in [1.807, 2.05) is 0 Å². The highest BCUT2D eigenvalue weighted by molar-refractivity contribution is 5.84. The SMILES string of the molecule is CCC1NC(CC(C)C)N(CCN2CCCCC2)C1=O. The Bertz CT molecular complexity index is 313. The van der Waals surface area contributed by atoms with Gasteiger partial charge in [-0.25, -0.2) is 0 Å². The summed E-state index contributed by atoms with van der Waals surface area (Å²) in [5.41, 5.74) is 0. The maximum absolute atomic E-state index is 12.4. The molecule has 0 aromatic rings. The second-order valence-corrected chi connectivity index (χ2v) is 6.71. The molecule has 4 nitrogen and oxygen atoms in total. The van der Waals surface area contributed by atoms with E-state index >= 15 is 0 Å². The van der Waals surface area contributed by atoms with Crippen molar-refractivity contribution in [1.82, 2.24) is 15.1 Å². The molecule has 4 heteroatoms. The lowest BCUT2D eigenvalue weighted by Gasteiger charge is -2.31. The van der Waals surface area contributed by atoms with Gasteiger partial charge in [-0.15, -0.1) is 0 Å². The Labute approximate surface area is 123 Å². The average Bonchev–Trinajstić information content (AvgIpc) is 2.73. The summed E-state index contributed by atoms with van der Waals surface area (Å²) in [4.78, 5) is 17.1. The molecule has 2 unspecified atom stereocenters. The molecule has 0 aromatic heterocycles. The maximum atomic E-state index is 12.4. The summed E-state index contributed by atoms with van der Waals surface area (Å²) in [5.74, 6) is 0.934. The van der Waals surface area contributed by atoms with Gasteiger partial charge in [-0.1, -0.05) is 27.2 Å². The molecule has 0 aromatic carbocycles. The van der Waals surface area contributed by atoms with Crippen LogP contribution in [-0.4, -0.2) is 54.1 Å². The lowest BCUT2D eigenvalue weighted by Crippen LogP contribution is -2.44.